The van der Waals surface area contributed by atoms with Gasteiger partial charge >= 0.3 is 5.97 Å². The molecular formula is C21H20ClN3O4. The van der Waals surface area contributed by atoms with Gasteiger partial charge in [0.05, 0.1) is 5.56 Å². The van der Waals surface area contributed by atoms with E-state index in [0.717, 1.165) is 23.9 Å². The van der Waals surface area contributed by atoms with Crippen LogP contribution in [-0.4, -0.2) is 41.5 Å². The third kappa shape index (κ3) is 4.19. The number of ether oxygens (including phenoxy) is 1. The molecule has 7 nitrogen and oxygen atoms in total. The lowest BCUT2D eigenvalue weighted by atomic mass is 9.97. The van der Waals surface area contributed by atoms with Crippen molar-refractivity contribution in [1.29, 1.82) is 0 Å². The van der Waals surface area contributed by atoms with Crippen LogP contribution in [0.3, 0.4) is 0 Å². The molecule has 1 saturated heterocycles. The fraction of sp³-hybridized carbons (Fsp3) is 0.286. The number of carbonyl (C=O) groups excluding carboxylic acids is 2. The average molecular weight is 414 g/mol. The highest BCUT2D eigenvalue weighted by atomic mass is 35.5. The van der Waals surface area contributed by atoms with Crippen LogP contribution in [0.2, 0.25) is 5.02 Å². The molecule has 1 aliphatic rings. The van der Waals surface area contributed by atoms with Crippen molar-refractivity contribution in [1.82, 2.24) is 9.88 Å². The number of likely N-dealkylation sites (tertiary alicyclic amines) is 1. The van der Waals surface area contributed by atoms with Crippen LogP contribution in [0.25, 0.3) is 11.1 Å². The number of esters is 1. The molecule has 2 aromatic carbocycles. The minimum absolute atomic E-state index is 0.169. The van der Waals surface area contributed by atoms with Crippen molar-refractivity contribution in [2.24, 2.45) is 0 Å². The molecule has 3 aromatic rings. The second-order valence-electron chi connectivity index (χ2n) is 6.98. The molecule has 2 heterocycles. The zero-order valence-electron chi connectivity index (χ0n) is 15.6. The van der Waals surface area contributed by atoms with Gasteiger partial charge in [-0.05, 0) is 43.2 Å². The number of oxazole rings is 1. The summed E-state index contributed by atoms with van der Waals surface area (Å²) in [5.41, 5.74) is 7.80. The van der Waals surface area contributed by atoms with Gasteiger partial charge in [-0.3, -0.25) is 4.79 Å². The van der Waals surface area contributed by atoms with Gasteiger partial charge < -0.3 is 19.8 Å². The topological polar surface area (TPSA) is 98.7 Å². The van der Waals surface area contributed by atoms with E-state index in [-0.39, 0.29) is 29.7 Å². The van der Waals surface area contributed by atoms with Gasteiger partial charge in [0.1, 0.15) is 5.52 Å². The Labute approximate surface area is 172 Å². The molecule has 1 aromatic heterocycles. The first kappa shape index (κ1) is 19.3. The van der Waals surface area contributed by atoms with Gasteiger partial charge in [0.2, 0.25) is 0 Å². The number of hydrogen-bond donors (Lipinski definition) is 1. The van der Waals surface area contributed by atoms with Crippen molar-refractivity contribution in [2.45, 2.75) is 18.8 Å². The molecule has 1 amide bonds. The molecule has 0 aliphatic carbocycles. The number of halogens is 1. The van der Waals surface area contributed by atoms with E-state index in [1.165, 1.54) is 12.1 Å². The molecule has 2 N–H and O–H groups in total. The number of benzene rings is 2. The van der Waals surface area contributed by atoms with Crippen LogP contribution in [0.1, 0.15) is 35.0 Å². The largest absolute Gasteiger partial charge is 0.452 e. The van der Waals surface area contributed by atoms with Crippen molar-refractivity contribution >= 4 is 40.3 Å². The van der Waals surface area contributed by atoms with Crippen molar-refractivity contribution in [3.8, 4) is 0 Å². The first-order chi connectivity index (χ1) is 14.0. The van der Waals surface area contributed by atoms with E-state index in [0.29, 0.717) is 24.0 Å². The lowest BCUT2D eigenvalue weighted by molar-refractivity contribution is -0.135. The summed E-state index contributed by atoms with van der Waals surface area (Å²) in [7, 11) is 0. The predicted octanol–water partition coefficient (Wildman–Crippen LogP) is 3.63. The van der Waals surface area contributed by atoms with Gasteiger partial charge in [-0.1, -0.05) is 23.7 Å². The van der Waals surface area contributed by atoms with Gasteiger partial charge in [-0.25, -0.2) is 9.78 Å². The zero-order chi connectivity index (χ0) is 20.4. The van der Waals surface area contributed by atoms with Crippen LogP contribution >= 0.6 is 11.6 Å². The number of para-hydroxylation sites is 2. The summed E-state index contributed by atoms with van der Waals surface area (Å²) in [5.74, 6) is 0.00147. The van der Waals surface area contributed by atoms with E-state index >= 15 is 0 Å². The van der Waals surface area contributed by atoms with Crippen LogP contribution in [0.5, 0.6) is 0 Å². The van der Waals surface area contributed by atoms with Gasteiger partial charge in [0, 0.05) is 29.7 Å². The first-order valence-electron chi connectivity index (χ1n) is 9.36. The van der Waals surface area contributed by atoms with E-state index in [4.69, 9.17) is 26.5 Å². The Bertz CT molecular complexity index is 1020. The van der Waals surface area contributed by atoms with E-state index in [2.05, 4.69) is 4.98 Å². The van der Waals surface area contributed by atoms with Crippen LogP contribution in [0.15, 0.2) is 46.9 Å². The van der Waals surface area contributed by atoms with E-state index in [1.54, 1.807) is 11.0 Å². The van der Waals surface area contributed by atoms with Crippen molar-refractivity contribution in [2.75, 3.05) is 25.4 Å². The highest BCUT2D eigenvalue weighted by Gasteiger charge is 2.27. The fourth-order valence-electron chi connectivity index (χ4n) is 3.46. The number of nitrogens with zero attached hydrogens (tertiary/aromatic N) is 2. The Morgan fingerprint density at radius 3 is 2.69 bits per heavy atom. The number of nitrogens with two attached hydrogens (primary N) is 1. The standard InChI is InChI=1S/C21H20ClN3O4/c22-14-5-6-15(16(23)11-14)21(27)28-12-19(26)25-9-7-13(8-10-25)20-24-17-3-1-2-4-18(17)29-20/h1-6,11,13H,7-10,12,23H2. The maximum atomic E-state index is 12.4. The molecule has 8 heteroatoms. The Morgan fingerprint density at radius 2 is 1.97 bits per heavy atom. The molecule has 0 radical (unpaired) electrons. The average Bonchev–Trinajstić information content (AvgIpc) is 3.16. The zero-order valence-corrected chi connectivity index (χ0v) is 16.4. The number of hydrogen-bond acceptors (Lipinski definition) is 6. The van der Waals surface area contributed by atoms with Crippen LogP contribution in [0, 0.1) is 0 Å². The lowest BCUT2D eigenvalue weighted by Crippen LogP contribution is -2.40. The SMILES string of the molecule is Nc1cc(Cl)ccc1C(=O)OCC(=O)N1CCC(c2nc3ccccc3o2)CC1. The summed E-state index contributed by atoms with van der Waals surface area (Å²) < 4.78 is 11.0. The smallest absolute Gasteiger partial charge is 0.340 e. The minimum atomic E-state index is -0.645. The Morgan fingerprint density at radius 1 is 1.21 bits per heavy atom. The van der Waals surface area contributed by atoms with Crippen molar-refractivity contribution in [3.05, 3.63) is 58.9 Å². The summed E-state index contributed by atoms with van der Waals surface area (Å²) in [6, 6.07) is 12.2. The monoisotopic (exact) mass is 413 g/mol. The number of aromatic nitrogens is 1. The van der Waals surface area contributed by atoms with Crippen molar-refractivity contribution in [3.63, 3.8) is 0 Å². The van der Waals surface area contributed by atoms with Gasteiger partial charge in [-0.15, -0.1) is 0 Å². The quantitative estimate of drug-likeness (QED) is 0.518. The number of fused-ring (bicyclic) bond motifs is 1. The van der Waals surface area contributed by atoms with Crippen molar-refractivity contribution < 1.29 is 18.7 Å². The third-order valence-electron chi connectivity index (χ3n) is 5.07. The first-order valence-corrected chi connectivity index (χ1v) is 9.74. The van der Waals surface area contributed by atoms with Crippen LogP contribution in [-0.2, 0) is 9.53 Å². The number of anilines is 1. The maximum Gasteiger partial charge on any atom is 0.340 e. The molecule has 0 saturated carbocycles. The highest BCUT2D eigenvalue weighted by molar-refractivity contribution is 6.31. The number of carbonyl (C=O) groups is 2. The summed E-state index contributed by atoms with van der Waals surface area (Å²) >= 11 is 5.83. The fourth-order valence-corrected chi connectivity index (χ4v) is 3.64. The van der Waals surface area contributed by atoms with Crippen LogP contribution < -0.4 is 5.73 Å². The number of nitrogen functional groups attached to an aromatic ring is 1. The van der Waals surface area contributed by atoms with Gasteiger partial charge in [-0.2, -0.15) is 0 Å². The second kappa shape index (κ2) is 8.13. The Hall–Kier alpha value is -3.06. The summed E-state index contributed by atoms with van der Waals surface area (Å²) in [4.78, 5) is 30.8. The second-order valence-corrected chi connectivity index (χ2v) is 7.42. The molecule has 0 unspecified atom stereocenters. The predicted molar refractivity (Wildman–Crippen MR) is 109 cm³/mol. The molecule has 4 rings (SSSR count). The lowest BCUT2D eigenvalue weighted by Gasteiger charge is -2.30. The van der Waals surface area contributed by atoms with E-state index in [1.807, 2.05) is 24.3 Å². The number of rotatable bonds is 4. The van der Waals surface area contributed by atoms with Gasteiger partial charge in [0.15, 0.2) is 18.1 Å². The van der Waals surface area contributed by atoms with E-state index < -0.39 is 5.97 Å². The Kier molecular flexibility index (Phi) is 5.40. The minimum Gasteiger partial charge on any atom is -0.452 e. The molecular weight excluding hydrogens is 394 g/mol. The molecule has 1 aliphatic heterocycles. The maximum absolute atomic E-state index is 12.4. The molecule has 150 valence electrons. The van der Waals surface area contributed by atoms with E-state index in [9.17, 15) is 9.59 Å². The molecule has 0 bridgehead atoms. The summed E-state index contributed by atoms with van der Waals surface area (Å²) in [5, 5.41) is 0.428. The highest BCUT2D eigenvalue weighted by Crippen LogP contribution is 2.30. The summed E-state index contributed by atoms with van der Waals surface area (Å²) in [6.07, 6.45) is 1.49. The van der Waals surface area contributed by atoms with Crippen LogP contribution in [0.4, 0.5) is 5.69 Å². The number of piperidine rings is 1. The third-order valence-corrected chi connectivity index (χ3v) is 5.30. The number of amides is 1. The normalized spacial score (nSPS) is 14.9. The Balaban J connectivity index is 1.30. The molecule has 29 heavy (non-hydrogen) atoms. The molecule has 0 spiro atoms. The summed E-state index contributed by atoms with van der Waals surface area (Å²) in [6.45, 7) is 0.792. The molecule has 0 atom stereocenters. The molecule has 1 fully saturated rings. The van der Waals surface area contributed by atoms with Gasteiger partial charge in [0.25, 0.3) is 5.91 Å².